The summed E-state index contributed by atoms with van der Waals surface area (Å²) < 4.78 is 0. The minimum Gasteiger partial charge on any atom is -0.356 e. The molecule has 31 heavy (non-hydrogen) atoms. The molecule has 4 nitrogen and oxygen atoms in total. The van der Waals surface area contributed by atoms with Gasteiger partial charge in [-0.3, -0.25) is 9.69 Å². The second kappa shape index (κ2) is 22.6. The maximum Gasteiger partial charge on any atom is 0.221 e. The molecule has 0 aliphatic heterocycles. The van der Waals surface area contributed by atoms with Gasteiger partial charge in [-0.1, -0.05) is 104 Å². The minimum absolute atomic E-state index is 0.206. The molecule has 0 rings (SSSR count). The number of rotatable bonds is 23. The van der Waals surface area contributed by atoms with Crippen molar-refractivity contribution in [1.82, 2.24) is 15.5 Å². The van der Waals surface area contributed by atoms with Gasteiger partial charge in [0.2, 0.25) is 5.91 Å². The summed E-state index contributed by atoms with van der Waals surface area (Å²) in [5.41, 5.74) is 0. The van der Waals surface area contributed by atoms with E-state index in [1.807, 2.05) is 0 Å². The molecule has 0 aliphatic rings. The van der Waals surface area contributed by atoms with Crippen molar-refractivity contribution in [1.29, 1.82) is 0 Å². The van der Waals surface area contributed by atoms with Crippen LogP contribution in [0.15, 0.2) is 0 Å². The molecule has 0 heterocycles. The van der Waals surface area contributed by atoms with Gasteiger partial charge in [0.05, 0.1) is 0 Å². The Morgan fingerprint density at radius 3 is 1.61 bits per heavy atom. The summed E-state index contributed by atoms with van der Waals surface area (Å²) >= 11 is 0. The summed E-state index contributed by atoms with van der Waals surface area (Å²) in [6, 6.07) is 0.995. The van der Waals surface area contributed by atoms with Crippen LogP contribution < -0.4 is 10.6 Å². The third kappa shape index (κ3) is 22.4. The van der Waals surface area contributed by atoms with E-state index >= 15 is 0 Å². The predicted octanol–water partition coefficient (Wildman–Crippen LogP) is 6.68. The van der Waals surface area contributed by atoms with Crippen molar-refractivity contribution < 1.29 is 4.79 Å². The Balaban J connectivity index is 3.45. The first-order valence-corrected chi connectivity index (χ1v) is 13.7. The first-order valence-electron chi connectivity index (χ1n) is 13.7. The van der Waals surface area contributed by atoms with Gasteiger partial charge < -0.3 is 10.6 Å². The number of nitrogens with zero attached hydrogens (tertiary/aromatic N) is 1. The van der Waals surface area contributed by atoms with Crippen molar-refractivity contribution >= 4 is 5.91 Å². The van der Waals surface area contributed by atoms with Gasteiger partial charge in [0.25, 0.3) is 0 Å². The van der Waals surface area contributed by atoms with Gasteiger partial charge in [-0.05, 0) is 20.3 Å². The standard InChI is InChI=1S/C27H57N3O/c1-6-7-8-9-10-11-12-13-14-15-16-17-18-19-21-29-27(31)20-23-30(26(4)5)24-22-28-25(2)3/h25-26,28H,6-24H2,1-5H3,(H,29,31). The highest BCUT2D eigenvalue weighted by atomic mass is 16.1. The lowest BCUT2D eigenvalue weighted by Crippen LogP contribution is -2.40. The summed E-state index contributed by atoms with van der Waals surface area (Å²) in [6.45, 7) is 14.7. The van der Waals surface area contributed by atoms with Crippen LogP contribution in [0.2, 0.25) is 0 Å². The number of carbonyl (C=O) groups excluding carboxylic acids is 1. The van der Waals surface area contributed by atoms with Gasteiger partial charge in [-0.15, -0.1) is 0 Å². The number of hydrogen-bond acceptors (Lipinski definition) is 3. The first kappa shape index (κ1) is 30.4. The Morgan fingerprint density at radius 1 is 0.677 bits per heavy atom. The zero-order valence-electron chi connectivity index (χ0n) is 21.9. The quantitative estimate of drug-likeness (QED) is 0.174. The Bertz CT molecular complexity index is 385. The molecule has 0 spiro atoms. The third-order valence-corrected chi connectivity index (χ3v) is 6.16. The summed E-state index contributed by atoms with van der Waals surface area (Å²) in [5, 5.41) is 6.57. The molecule has 0 radical (unpaired) electrons. The van der Waals surface area contributed by atoms with Gasteiger partial charge in [0.1, 0.15) is 0 Å². The van der Waals surface area contributed by atoms with Crippen LogP contribution in [0.25, 0.3) is 0 Å². The molecule has 0 fully saturated rings. The molecule has 0 unspecified atom stereocenters. The van der Waals surface area contributed by atoms with Gasteiger partial charge in [-0.2, -0.15) is 0 Å². The highest BCUT2D eigenvalue weighted by Gasteiger charge is 2.11. The molecular formula is C27H57N3O. The molecule has 0 saturated carbocycles. The van der Waals surface area contributed by atoms with Crippen LogP contribution in [0.3, 0.4) is 0 Å². The highest BCUT2D eigenvalue weighted by molar-refractivity contribution is 5.76. The average Bonchev–Trinajstić information content (AvgIpc) is 2.72. The van der Waals surface area contributed by atoms with E-state index in [1.54, 1.807) is 0 Å². The molecule has 0 aliphatic carbocycles. The Kier molecular flexibility index (Phi) is 22.1. The average molecular weight is 440 g/mol. The minimum atomic E-state index is 0.206. The lowest BCUT2D eigenvalue weighted by atomic mass is 10.0. The van der Waals surface area contributed by atoms with Crippen LogP contribution in [0.4, 0.5) is 0 Å². The number of amides is 1. The topological polar surface area (TPSA) is 44.4 Å². The van der Waals surface area contributed by atoms with Crippen LogP contribution in [-0.4, -0.2) is 49.1 Å². The van der Waals surface area contributed by atoms with E-state index in [0.717, 1.165) is 32.6 Å². The maximum absolute atomic E-state index is 12.1. The van der Waals surface area contributed by atoms with Crippen molar-refractivity contribution in [3.8, 4) is 0 Å². The normalized spacial score (nSPS) is 11.7. The third-order valence-electron chi connectivity index (χ3n) is 6.16. The SMILES string of the molecule is CCCCCCCCCCCCCCCCNC(=O)CCN(CCNC(C)C)C(C)C. The maximum atomic E-state index is 12.1. The zero-order chi connectivity index (χ0) is 23.2. The van der Waals surface area contributed by atoms with E-state index in [9.17, 15) is 4.79 Å². The highest BCUT2D eigenvalue weighted by Crippen LogP contribution is 2.12. The van der Waals surface area contributed by atoms with E-state index in [-0.39, 0.29) is 5.91 Å². The number of nitrogens with one attached hydrogen (secondary N) is 2. The monoisotopic (exact) mass is 439 g/mol. The Labute approximate surface area is 195 Å². The van der Waals surface area contributed by atoms with Crippen LogP contribution in [0.1, 0.15) is 131 Å². The molecule has 0 aromatic rings. The molecule has 0 saturated heterocycles. The van der Waals surface area contributed by atoms with Crippen molar-refractivity contribution in [3.63, 3.8) is 0 Å². The molecule has 2 N–H and O–H groups in total. The van der Waals surface area contributed by atoms with Crippen molar-refractivity contribution in [2.45, 2.75) is 143 Å². The fourth-order valence-electron chi connectivity index (χ4n) is 4.01. The summed E-state index contributed by atoms with van der Waals surface area (Å²) in [5.74, 6) is 0.206. The zero-order valence-corrected chi connectivity index (χ0v) is 21.9. The lowest BCUT2D eigenvalue weighted by molar-refractivity contribution is -0.121. The molecule has 0 aromatic carbocycles. The van der Waals surface area contributed by atoms with Crippen molar-refractivity contribution in [2.75, 3.05) is 26.2 Å². The van der Waals surface area contributed by atoms with Gasteiger partial charge in [0.15, 0.2) is 0 Å². The van der Waals surface area contributed by atoms with Crippen LogP contribution in [0.5, 0.6) is 0 Å². The molecule has 186 valence electrons. The molecule has 1 amide bonds. The lowest BCUT2D eigenvalue weighted by Gasteiger charge is -2.26. The fourth-order valence-corrected chi connectivity index (χ4v) is 4.01. The van der Waals surface area contributed by atoms with Crippen molar-refractivity contribution in [3.05, 3.63) is 0 Å². The largest absolute Gasteiger partial charge is 0.356 e. The van der Waals surface area contributed by atoms with Gasteiger partial charge >= 0.3 is 0 Å². The van der Waals surface area contributed by atoms with E-state index < -0.39 is 0 Å². The summed E-state index contributed by atoms with van der Waals surface area (Å²) in [7, 11) is 0. The second-order valence-corrected chi connectivity index (χ2v) is 9.93. The van der Waals surface area contributed by atoms with E-state index in [4.69, 9.17) is 0 Å². The van der Waals surface area contributed by atoms with E-state index in [0.29, 0.717) is 18.5 Å². The molecule has 0 aromatic heterocycles. The number of hydrogen-bond donors (Lipinski definition) is 2. The van der Waals surface area contributed by atoms with Crippen LogP contribution >= 0.6 is 0 Å². The van der Waals surface area contributed by atoms with Crippen LogP contribution in [-0.2, 0) is 4.79 Å². The Morgan fingerprint density at radius 2 is 1.16 bits per heavy atom. The number of unbranched alkanes of at least 4 members (excludes halogenated alkanes) is 13. The Hall–Kier alpha value is -0.610. The molecule has 0 bridgehead atoms. The molecule has 4 heteroatoms. The summed E-state index contributed by atoms with van der Waals surface area (Å²) in [6.07, 6.45) is 19.8. The van der Waals surface area contributed by atoms with Gasteiger partial charge in [0, 0.05) is 44.7 Å². The van der Waals surface area contributed by atoms with Gasteiger partial charge in [-0.25, -0.2) is 0 Å². The van der Waals surface area contributed by atoms with E-state index in [1.165, 1.54) is 83.5 Å². The van der Waals surface area contributed by atoms with E-state index in [2.05, 4.69) is 50.2 Å². The summed E-state index contributed by atoms with van der Waals surface area (Å²) in [4.78, 5) is 14.5. The smallest absolute Gasteiger partial charge is 0.221 e. The number of carbonyl (C=O) groups is 1. The molecule has 0 atom stereocenters. The predicted molar refractivity (Wildman–Crippen MR) is 138 cm³/mol. The second-order valence-electron chi connectivity index (χ2n) is 9.93. The van der Waals surface area contributed by atoms with Crippen molar-refractivity contribution in [2.24, 2.45) is 0 Å². The fraction of sp³-hybridized carbons (Fsp3) is 0.963. The molecular weight excluding hydrogens is 382 g/mol. The van der Waals surface area contributed by atoms with Crippen LogP contribution in [0, 0.1) is 0 Å². The first-order chi connectivity index (χ1) is 15.0.